The van der Waals surface area contributed by atoms with Gasteiger partial charge in [0.05, 0.1) is 14.2 Å². The van der Waals surface area contributed by atoms with Crippen LogP contribution in [0.25, 0.3) is 0 Å². The van der Waals surface area contributed by atoms with Gasteiger partial charge in [-0.1, -0.05) is 12.1 Å². The summed E-state index contributed by atoms with van der Waals surface area (Å²) in [5.74, 6) is 0.221. The van der Waals surface area contributed by atoms with E-state index in [0.717, 1.165) is 24.5 Å². The van der Waals surface area contributed by atoms with E-state index in [1.165, 1.54) is 5.56 Å². The summed E-state index contributed by atoms with van der Waals surface area (Å²) >= 11 is 0. The van der Waals surface area contributed by atoms with Gasteiger partial charge < -0.3 is 23.8 Å². The third kappa shape index (κ3) is 2.43. The van der Waals surface area contributed by atoms with Crippen molar-refractivity contribution in [3.8, 4) is 11.5 Å². The van der Waals surface area contributed by atoms with Gasteiger partial charge in [0.2, 0.25) is 5.79 Å². The molecule has 6 heteroatoms. The van der Waals surface area contributed by atoms with Crippen LogP contribution in [0.1, 0.15) is 18.4 Å². The molecule has 134 valence electrons. The summed E-state index contributed by atoms with van der Waals surface area (Å²) in [5, 5.41) is 0. The van der Waals surface area contributed by atoms with Crippen LogP contribution in [-0.2, 0) is 19.7 Å². The molecule has 2 saturated heterocycles. The van der Waals surface area contributed by atoms with E-state index in [1.54, 1.807) is 14.2 Å². The minimum Gasteiger partial charge on any atom is -0.493 e. The van der Waals surface area contributed by atoms with Gasteiger partial charge in [-0.3, -0.25) is 0 Å². The topological polar surface area (TPSA) is 57.2 Å². The second-order valence-corrected chi connectivity index (χ2v) is 6.97. The molecule has 2 heterocycles. The van der Waals surface area contributed by atoms with Gasteiger partial charge in [-0.15, -0.1) is 0 Å². The Morgan fingerprint density at radius 3 is 2.68 bits per heavy atom. The van der Waals surface area contributed by atoms with Crippen molar-refractivity contribution in [1.29, 1.82) is 0 Å². The van der Waals surface area contributed by atoms with Crippen molar-refractivity contribution in [3.63, 3.8) is 0 Å². The number of likely N-dealkylation sites (tertiary alicyclic amines) is 1. The second kappa shape index (κ2) is 5.75. The number of hydrogen-bond acceptors (Lipinski definition) is 6. The number of rotatable bonds is 3. The van der Waals surface area contributed by atoms with E-state index >= 15 is 0 Å². The van der Waals surface area contributed by atoms with Crippen LogP contribution in [0.3, 0.4) is 0 Å². The van der Waals surface area contributed by atoms with Crippen molar-refractivity contribution in [2.45, 2.75) is 30.1 Å². The Labute approximate surface area is 147 Å². The highest BCUT2D eigenvalue weighted by Gasteiger charge is 2.55. The molecule has 0 bridgehead atoms. The van der Waals surface area contributed by atoms with E-state index in [2.05, 4.69) is 30.2 Å². The standard InChI is InChI=1S/C19H23NO5/c1-20-9-8-18(13-4-5-14(22-2)15(10-13)23-3)6-7-19(11-16(18)20)24-12-17(21)25-19/h4-7,10,16H,8-9,11-12H2,1-3H3. The third-order valence-electron chi connectivity index (χ3n) is 5.76. The highest BCUT2D eigenvalue weighted by Crippen LogP contribution is 2.50. The van der Waals surface area contributed by atoms with E-state index in [0.29, 0.717) is 6.42 Å². The summed E-state index contributed by atoms with van der Waals surface area (Å²) in [7, 11) is 5.39. The molecule has 1 aromatic carbocycles. The zero-order valence-corrected chi connectivity index (χ0v) is 14.8. The van der Waals surface area contributed by atoms with Gasteiger partial charge in [-0.05, 0) is 43.8 Å². The van der Waals surface area contributed by atoms with Gasteiger partial charge in [0.1, 0.15) is 6.61 Å². The lowest BCUT2D eigenvalue weighted by Gasteiger charge is -2.43. The van der Waals surface area contributed by atoms with Crippen LogP contribution in [0, 0.1) is 0 Å². The number of methoxy groups -OCH3 is 2. The molecular formula is C19H23NO5. The monoisotopic (exact) mass is 345 g/mol. The molecule has 2 aliphatic heterocycles. The molecular weight excluding hydrogens is 322 g/mol. The number of esters is 1. The quantitative estimate of drug-likeness (QED) is 0.616. The average molecular weight is 345 g/mol. The zero-order chi connectivity index (χ0) is 17.7. The Hall–Kier alpha value is -2.05. The SMILES string of the molecule is COc1ccc(C23C=CC4(CC2N(C)CC3)OCC(=O)O4)cc1OC. The fourth-order valence-electron chi connectivity index (χ4n) is 4.40. The van der Waals surface area contributed by atoms with E-state index in [9.17, 15) is 4.79 Å². The molecule has 0 N–H and O–H groups in total. The highest BCUT2D eigenvalue weighted by molar-refractivity contribution is 5.73. The van der Waals surface area contributed by atoms with Crippen LogP contribution in [-0.4, -0.2) is 57.1 Å². The molecule has 3 unspecified atom stereocenters. The Morgan fingerprint density at radius 1 is 1.20 bits per heavy atom. The third-order valence-corrected chi connectivity index (χ3v) is 5.76. The molecule has 0 aromatic heterocycles. The van der Waals surface area contributed by atoms with Crippen LogP contribution >= 0.6 is 0 Å². The number of fused-ring (bicyclic) bond motifs is 1. The number of likely N-dealkylation sites (N-methyl/N-ethyl adjacent to an activating group) is 1. The minimum atomic E-state index is -0.916. The molecule has 2 fully saturated rings. The van der Waals surface area contributed by atoms with E-state index in [4.69, 9.17) is 18.9 Å². The first kappa shape index (κ1) is 16.4. The molecule has 6 nitrogen and oxygen atoms in total. The van der Waals surface area contributed by atoms with Crippen LogP contribution in [0.15, 0.2) is 30.4 Å². The van der Waals surface area contributed by atoms with Gasteiger partial charge in [0, 0.05) is 17.9 Å². The molecule has 1 spiro atoms. The largest absolute Gasteiger partial charge is 0.493 e. The van der Waals surface area contributed by atoms with Crippen molar-refractivity contribution >= 4 is 5.97 Å². The van der Waals surface area contributed by atoms with E-state index in [-0.39, 0.29) is 24.0 Å². The normalized spacial score (nSPS) is 34.2. The first-order valence-electron chi connectivity index (χ1n) is 8.51. The number of nitrogens with zero attached hydrogens (tertiary/aromatic N) is 1. The Bertz CT molecular complexity index is 733. The Kier molecular flexibility index (Phi) is 3.77. The van der Waals surface area contributed by atoms with Gasteiger partial charge >= 0.3 is 5.97 Å². The van der Waals surface area contributed by atoms with E-state index < -0.39 is 5.79 Å². The summed E-state index contributed by atoms with van der Waals surface area (Å²) in [4.78, 5) is 13.9. The molecule has 0 saturated carbocycles. The summed E-state index contributed by atoms with van der Waals surface area (Å²) in [6.45, 7) is 0.984. The van der Waals surface area contributed by atoms with Crippen LogP contribution in [0.5, 0.6) is 11.5 Å². The molecule has 3 aliphatic rings. The summed E-state index contributed by atoms with van der Waals surface area (Å²) in [6, 6.07) is 6.27. The van der Waals surface area contributed by atoms with Crippen LogP contribution < -0.4 is 9.47 Å². The van der Waals surface area contributed by atoms with Gasteiger partial charge in [-0.25, -0.2) is 4.79 Å². The summed E-state index contributed by atoms with van der Waals surface area (Å²) in [5.41, 5.74) is 1.02. The minimum absolute atomic E-state index is 0.0180. The van der Waals surface area contributed by atoms with Crippen molar-refractivity contribution in [2.24, 2.45) is 0 Å². The highest BCUT2D eigenvalue weighted by atomic mass is 16.8. The molecule has 1 aromatic rings. The fourth-order valence-corrected chi connectivity index (χ4v) is 4.40. The van der Waals surface area contributed by atoms with Crippen molar-refractivity contribution in [3.05, 3.63) is 35.9 Å². The molecule has 0 radical (unpaired) electrons. The predicted molar refractivity (Wildman–Crippen MR) is 90.8 cm³/mol. The smallest absolute Gasteiger partial charge is 0.335 e. The maximum absolute atomic E-state index is 11.6. The summed E-state index contributed by atoms with van der Waals surface area (Å²) in [6.07, 6.45) is 5.69. The lowest BCUT2D eigenvalue weighted by Crippen LogP contribution is -2.49. The lowest BCUT2D eigenvalue weighted by molar-refractivity contribution is -0.163. The second-order valence-electron chi connectivity index (χ2n) is 6.97. The number of carbonyl (C=O) groups is 1. The molecule has 3 atom stereocenters. The molecule has 25 heavy (non-hydrogen) atoms. The Morgan fingerprint density at radius 2 is 2.00 bits per heavy atom. The first-order chi connectivity index (χ1) is 12.0. The maximum atomic E-state index is 11.6. The number of hydrogen-bond donors (Lipinski definition) is 0. The number of ether oxygens (including phenoxy) is 4. The summed E-state index contributed by atoms with van der Waals surface area (Å²) < 4.78 is 22.0. The zero-order valence-electron chi connectivity index (χ0n) is 14.8. The van der Waals surface area contributed by atoms with Crippen molar-refractivity contribution in [2.75, 3.05) is 34.4 Å². The van der Waals surface area contributed by atoms with Crippen molar-refractivity contribution < 1.29 is 23.7 Å². The number of carbonyl (C=O) groups excluding carboxylic acids is 1. The number of benzene rings is 1. The molecule has 1 aliphatic carbocycles. The van der Waals surface area contributed by atoms with Crippen LogP contribution in [0.2, 0.25) is 0 Å². The predicted octanol–water partition coefficient (Wildman–Crippen LogP) is 1.88. The maximum Gasteiger partial charge on any atom is 0.335 e. The van der Waals surface area contributed by atoms with Crippen LogP contribution in [0.4, 0.5) is 0 Å². The Balaban J connectivity index is 1.77. The molecule has 4 rings (SSSR count). The fraction of sp³-hybridized carbons (Fsp3) is 0.526. The molecule has 0 amide bonds. The van der Waals surface area contributed by atoms with Gasteiger partial charge in [0.25, 0.3) is 0 Å². The first-order valence-corrected chi connectivity index (χ1v) is 8.51. The van der Waals surface area contributed by atoms with Crippen molar-refractivity contribution in [1.82, 2.24) is 4.90 Å². The van der Waals surface area contributed by atoms with Gasteiger partial charge in [-0.2, -0.15) is 0 Å². The van der Waals surface area contributed by atoms with Gasteiger partial charge in [0.15, 0.2) is 11.5 Å². The lowest BCUT2D eigenvalue weighted by atomic mass is 9.68. The average Bonchev–Trinajstić information content (AvgIpc) is 3.16. The van der Waals surface area contributed by atoms with E-state index in [1.807, 2.05) is 12.1 Å².